The summed E-state index contributed by atoms with van der Waals surface area (Å²) in [5.41, 5.74) is 2.16. The monoisotopic (exact) mass is 286 g/mol. The molecule has 20 heavy (non-hydrogen) atoms. The van der Waals surface area contributed by atoms with E-state index < -0.39 is 16.9 Å². The van der Waals surface area contributed by atoms with Crippen molar-refractivity contribution in [3.63, 3.8) is 0 Å². The average Bonchev–Trinajstić information content (AvgIpc) is 2.47. The Balaban J connectivity index is 1.94. The maximum absolute atomic E-state index is 12.1. The van der Waals surface area contributed by atoms with Gasteiger partial charge in [-0.3, -0.25) is 4.21 Å². The molecule has 2 rings (SSSR count). The van der Waals surface area contributed by atoms with E-state index >= 15 is 0 Å². The van der Waals surface area contributed by atoms with Gasteiger partial charge in [-0.15, -0.1) is 0 Å². The van der Waals surface area contributed by atoms with Crippen molar-refractivity contribution in [2.75, 3.05) is 5.75 Å². The van der Waals surface area contributed by atoms with Crippen molar-refractivity contribution >= 4 is 16.9 Å². The fourth-order valence-electron chi connectivity index (χ4n) is 1.78. The molecule has 0 spiro atoms. The maximum atomic E-state index is 12.1. The maximum Gasteiger partial charge on any atom is 0.0843 e. The van der Waals surface area contributed by atoms with Crippen LogP contribution in [-0.2, 0) is 10.8 Å². The van der Waals surface area contributed by atoms with Crippen LogP contribution in [0, 0.1) is 6.92 Å². The predicted molar refractivity (Wildman–Crippen MR) is 83.9 cm³/mol. The number of hydrogen-bond donors (Lipinski definition) is 1. The summed E-state index contributed by atoms with van der Waals surface area (Å²) >= 11 is 0. The number of hydrogen-bond acceptors (Lipinski definition) is 2. The zero-order chi connectivity index (χ0) is 14.4. The molecule has 1 N–H and O–H groups in total. The first kappa shape index (κ1) is 14.7. The van der Waals surface area contributed by atoms with Crippen LogP contribution in [0.4, 0.5) is 0 Å². The lowest BCUT2D eigenvalue weighted by atomic mass is 10.2. The summed E-state index contributed by atoms with van der Waals surface area (Å²) in [5, 5.41) is 9.92. The van der Waals surface area contributed by atoms with Gasteiger partial charge in [0, 0.05) is 4.90 Å². The Labute approximate surface area is 122 Å². The number of aliphatic hydroxyl groups excluding tert-OH is 1. The first-order valence-electron chi connectivity index (χ1n) is 6.51. The van der Waals surface area contributed by atoms with Crippen molar-refractivity contribution in [2.45, 2.75) is 17.9 Å². The normalized spacial score (nSPS) is 14.3. The molecule has 0 saturated carbocycles. The van der Waals surface area contributed by atoms with Crippen LogP contribution in [0.1, 0.15) is 11.1 Å². The van der Waals surface area contributed by atoms with Crippen molar-refractivity contribution in [1.29, 1.82) is 0 Å². The van der Waals surface area contributed by atoms with Crippen LogP contribution in [0.15, 0.2) is 65.6 Å². The molecule has 104 valence electrons. The van der Waals surface area contributed by atoms with E-state index in [0.29, 0.717) is 0 Å². The molecule has 1 unspecified atom stereocenters. The summed E-state index contributed by atoms with van der Waals surface area (Å²) in [7, 11) is -1.18. The highest BCUT2D eigenvalue weighted by Crippen LogP contribution is 2.10. The van der Waals surface area contributed by atoms with Crippen LogP contribution in [0.25, 0.3) is 6.08 Å². The average molecular weight is 286 g/mol. The SMILES string of the molecule is Cc1ccc(S(=O)C[C@H](O)/C=C\c2ccccc2)cc1. The fraction of sp³-hybridized carbons (Fsp3) is 0.176. The van der Waals surface area contributed by atoms with Crippen molar-refractivity contribution < 1.29 is 9.32 Å². The number of rotatable bonds is 5. The Bertz CT molecular complexity index is 588. The van der Waals surface area contributed by atoms with Gasteiger partial charge in [0.1, 0.15) is 0 Å². The molecule has 2 nitrogen and oxygen atoms in total. The lowest BCUT2D eigenvalue weighted by Crippen LogP contribution is -2.13. The highest BCUT2D eigenvalue weighted by Gasteiger charge is 2.08. The Morgan fingerprint density at radius 2 is 1.75 bits per heavy atom. The van der Waals surface area contributed by atoms with Crippen LogP contribution < -0.4 is 0 Å². The zero-order valence-electron chi connectivity index (χ0n) is 11.4. The summed E-state index contributed by atoms with van der Waals surface area (Å²) < 4.78 is 12.1. The second-order valence-corrected chi connectivity index (χ2v) is 6.16. The van der Waals surface area contributed by atoms with E-state index in [4.69, 9.17) is 0 Å². The Hall–Kier alpha value is -1.71. The molecule has 0 aliphatic rings. The summed E-state index contributed by atoms with van der Waals surface area (Å²) in [5.74, 6) is 0.215. The van der Waals surface area contributed by atoms with Crippen LogP contribution >= 0.6 is 0 Å². The minimum atomic E-state index is -1.18. The highest BCUT2D eigenvalue weighted by molar-refractivity contribution is 7.85. The van der Waals surface area contributed by atoms with E-state index in [2.05, 4.69) is 0 Å². The number of benzene rings is 2. The molecule has 0 aliphatic carbocycles. The van der Waals surface area contributed by atoms with Crippen LogP contribution in [-0.4, -0.2) is 21.2 Å². The minimum Gasteiger partial charge on any atom is -0.388 e. The van der Waals surface area contributed by atoms with Gasteiger partial charge < -0.3 is 5.11 Å². The molecule has 0 radical (unpaired) electrons. The first-order chi connectivity index (χ1) is 9.65. The van der Waals surface area contributed by atoms with Gasteiger partial charge in [-0.05, 0) is 24.6 Å². The molecule has 0 fully saturated rings. The molecule has 2 aromatic carbocycles. The van der Waals surface area contributed by atoms with Crippen LogP contribution in [0.5, 0.6) is 0 Å². The van der Waals surface area contributed by atoms with E-state index in [1.807, 2.05) is 67.6 Å². The third kappa shape index (κ3) is 4.44. The van der Waals surface area contributed by atoms with E-state index in [0.717, 1.165) is 16.0 Å². The largest absolute Gasteiger partial charge is 0.388 e. The quantitative estimate of drug-likeness (QED) is 0.916. The molecule has 2 aromatic rings. The van der Waals surface area contributed by atoms with Crippen molar-refractivity contribution in [1.82, 2.24) is 0 Å². The van der Waals surface area contributed by atoms with E-state index in [-0.39, 0.29) is 5.75 Å². The fourth-order valence-corrected chi connectivity index (χ4v) is 2.84. The van der Waals surface area contributed by atoms with Crippen molar-refractivity contribution in [2.24, 2.45) is 0 Å². The Kier molecular flexibility index (Phi) is 5.27. The van der Waals surface area contributed by atoms with Gasteiger partial charge in [-0.25, -0.2) is 0 Å². The van der Waals surface area contributed by atoms with Crippen LogP contribution in [0.2, 0.25) is 0 Å². The smallest absolute Gasteiger partial charge is 0.0843 e. The molecule has 0 amide bonds. The van der Waals surface area contributed by atoms with Gasteiger partial charge in [0.05, 0.1) is 22.7 Å². The van der Waals surface area contributed by atoms with Gasteiger partial charge in [0.25, 0.3) is 0 Å². The van der Waals surface area contributed by atoms with Gasteiger partial charge in [0.2, 0.25) is 0 Å². The molecule has 0 aliphatic heterocycles. The van der Waals surface area contributed by atoms with E-state index in [1.165, 1.54) is 0 Å². The molecule has 0 saturated heterocycles. The van der Waals surface area contributed by atoms with Gasteiger partial charge >= 0.3 is 0 Å². The second kappa shape index (κ2) is 7.17. The first-order valence-corrected chi connectivity index (χ1v) is 7.83. The molecule has 3 heteroatoms. The third-order valence-corrected chi connectivity index (χ3v) is 4.36. The molecular formula is C17H18O2S. The van der Waals surface area contributed by atoms with E-state index in [1.54, 1.807) is 6.08 Å². The third-order valence-electron chi connectivity index (χ3n) is 2.92. The van der Waals surface area contributed by atoms with Crippen molar-refractivity contribution in [3.05, 3.63) is 71.8 Å². The van der Waals surface area contributed by atoms with Gasteiger partial charge in [0.15, 0.2) is 0 Å². The van der Waals surface area contributed by atoms with Gasteiger partial charge in [-0.2, -0.15) is 0 Å². The van der Waals surface area contributed by atoms with Gasteiger partial charge in [-0.1, -0.05) is 60.2 Å². The highest BCUT2D eigenvalue weighted by atomic mass is 32.2. The standard InChI is InChI=1S/C17H18O2S/c1-14-7-11-17(12-8-14)20(19)13-16(18)10-9-15-5-3-2-4-6-15/h2-12,16,18H,13H2,1H3/b10-9-/t16-,20?/m1/s1. The van der Waals surface area contributed by atoms with E-state index in [9.17, 15) is 9.32 Å². The second-order valence-electron chi connectivity index (χ2n) is 4.66. The molecular weight excluding hydrogens is 268 g/mol. The molecule has 0 aromatic heterocycles. The minimum absolute atomic E-state index is 0.215. The van der Waals surface area contributed by atoms with Crippen molar-refractivity contribution in [3.8, 4) is 0 Å². The summed E-state index contributed by atoms with van der Waals surface area (Å²) in [6, 6.07) is 17.3. The molecule has 0 bridgehead atoms. The summed E-state index contributed by atoms with van der Waals surface area (Å²) in [6.45, 7) is 1.99. The molecule has 0 heterocycles. The lowest BCUT2D eigenvalue weighted by Gasteiger charge is -2.06. The van der Waals surface area contributed by atoms with Crippen LogP contribution in [0.3, 0.4) is 0 Å². The topological polar surface area (TPSA) is 37.3 Å². The Morgan fingerprint density at radius 1 is 1.10 bits per heavy atom. The lowest BCUT2D eigenvalue weighted by molar-refractivity contribution is 0.248. The molecule has 2 atom stereocenters. The number of aryl methyl sites for hydroxylation is 1. The summed E-state index contributed by atoms with van der Waals surface area (Å²) in [6.07, 6.45) is 2.82. The predicted octanol–water partition coefficient (Wildman–Crippen LogP) is 3.18. The summed E-state index contributed by atoms with van der Waals surface area (Å²) in [4.78, 5) is 0.753. The number of aliphatic hydroxyl groups is 1. The Morgan fingerprint density at radius 3 is 2.40 bits per heavy atom. The zero-order valence-corrected chi connectivity index (χ0v) is 12.2.